The Morgan fingerprint density at radius 2 is 2.00 bits per heavy atom. The molecular formula is C12H11N3S. The highest BCUT2D eigenvalue weighted by molar-refractivity contribution is 7.98. The Hall–Kier alpha value is -1.73. The molecule has 2 aromatic rings. The first-order chi connectivity index (χ1) is 7.76. The molecule has 80 valence electrons. The maximum Gasteiger partial charge on any atom is 0.147 e. The van der Waals surface area contributed by atoms with Gasteiger partial charge in [0.2, 0.25) is 0 Å². The highest BCUT2D eigenvalue weighted by Crippen LogP contribution is 2.24. The summed E-state index contributed by atoms with van der Waals surface area (Å²) in [6.45, 7) is 0. The van der Waals surface area contributed by atoms with Gasteiger partial charge in [-0.1, -0.05) is 12.1 Å². The fourth-order valence-corrected chi connectivity index (χ4v) is 1.93. The molecule has 0 amide bonds. The van der Waals surface area contributed by atoms with Crippen molar-refractivity contribution in [3.63, 3.8) is 0 Å². The Balaban J connectivity index is 2.47. The molecule has 0 spiro atoms. The molecule has 0 aliphatic rings. The van der Waals surface area contributed by atoms with E-state index in [0.717, 1.165) is 11.3 Å². The Kier molecular flexibility index (Phi) is 2.97. The van der Waals surface area contributed by atoms with E-state index in [2.05, 4.69) is 11.1 Å². The van der Waals surface area contributed by atoms with E-state index in [4.69, 9.17) is 5.26 Å². The Morgan fingerprint density at radius 3 is 2.56 bits per heavy atom. The molecular weight excluding hydrogens is 218 g/mol. The second-order valence-electron chi connectivity index (χ2n) is 3.39. The zero-order chi connectivity index (χ0) is 11.5. The topological polar surface area (TPSA) is 41.6 Å². The van der Waals surface area contributed by atoms with Crippen LogP contribution in [0.2, 0.25) is 0 Å². The summed E-state index contributed by atoms with van der Waals surface area (Å²) in [6, 6.07) is 10.2. The van der Waals surface area contributed by atoms with Crippen LogP contribution in [-0.4, -0.2) is 15.8 Å². The number of imidazole rings is 1. The van der Waals surface area contributed by atoms with Crippen molar-refractivity contribution in [2.75, 3.05) is 6.26 Å². The van der Waals surface area contributed by atoms with Crippen LogP contribution in [0.4, 0.5) is 0 Å². The highest BCUT2D eigenvalue weighted by atomic mass is 32.2. The number of aromatic nitrogens is 2. The maximum absolute atomic E-state index is 9.04. The molecule has 1 heterocycles. The van der Waals surface area contributed by atoms with Crippen LogP contribution in [0.5, 0.6) is 0 Å². The summed E-state index contributed by atoms with van der Waals surface area (Å²) in [5.74, 6) is 0. The minimum Gasteiger partial charge on any atom is -0.325 e. The lowest BCUT2D eigenvalue weighted by Crippen LogP contribution is -1.90. The Labute approximate surface area is 98.7 Å². The first-order valence-electron chi connectivity index (χ1n) is 4.82. The lowest BCUT2D eigenvalue weighted by Gasteiger charge is -2.00. The summed E-state index contributed by atoms with van der Waals surface area (Å²) >= 11 is 1.70. The average Bonchev–Trinajstić information content (AvgIpc) is 2.70. The van der Waals surface area contributed by atoms with Crippen molar-refractivity contribution in [2.45, 2.75) is 4.90 Å². The van der Waals surface area contributed by atoms with Crippen LogP contribution in [0, 0.1) is 11.3 Å². The van der Waals surface area contributed by atoms with Gasteiger partial charge in [-0.25, -0.2) is 4.98 Å². The van der Waals surface area contributed by atoms with Gasteiger partial charge in [-0.3, -0.25) is 0 Å². The van der Waals surface area contributed by atoms with E-state index in [-0.39, 0.29) is 0 Å². The van der Waals surface area contributed by atoms with E-state index in [0.29, 0.717) is 5.69 Å². The van der Waals surface area contributed by atoms with Crippen molar-refractivity contribution < 1.29 is 0 Å². The van der Waals surface area contributed by atoms with Gasteiger partial charge in [-0.2, -0.15) is 5.26 Å². The molecule has 0 bridgehead atoms. The highest BCUT2D eigenvalue weighted by Gasteiger charge is 2.09. The number of nitrogens with zero attached hydrogens (tertiary/aromatic N) is 3. The summed E-state index contributed by atoms with van der Waals surface area (Å²) in [7, 11) is 1.82. The third-order valence-electron chi connectivity index (χ3n) is 2.41. The molecule has 0 aliphatic heterocycles. The third-order valence-corrected chi connectivity index (χ3v) is 3.15. The van der Waals surface area contributed by atoms with Crippen LogP contribution >= 0.6 is 11.8 Å². The van der Waals surface area contributed by atoms with Gasteiger partial charge in [0.25, 0.3) is 0 Å². The predicted octanol–water partition coefficient (Wildman–Crippen LogP) is 2.68. The van der Waals surface area contributed by atoms with E-state index >= 15 is 0 Å². The maximum atomic E-state index is 9.04. The largest absolute Gasteiger partial charge is 0.325 e. The second kappa shape index (κ2) is 4.42. The molecule has 4 heteroatoms. The van der Waals surface area contributed by atoms with Gasteiger partial charge < -0.3 is 4.57 Å². The summed E-state index contributed by atoms with van der Waals surface area (Å²) in [5.41, 5.74) is 2.32. The van der Waals surface area contributed by atoms with Gasteiger partial charge >= 0.3 is 0 Å². The number of hydrogen-bond acceptors (Lipinski definition) is 3. The minimum absolute atomic E-state index is 0.594. The number of rotatable bonds is 2. The minimum atomic E-state index is 0.594. The summed E-state index contributed by atoms with van der Waals surface area (Å²) in [5, 5.41) is 9.04. The number of hydrogen-bond donors (Lipinski definition) is 0. The molecule has 0 fully saturated rings. The van der Waals surface area contributed by atoms with Crippen molar-refractivity contribution in [2.24, 2.45) is 7.05 Å². The molecule has 2 rings (SSSR count). The van der Waals surface area contributed by atoms with Crippen molar-refractivity contribution in [1.82, 2.24) is 9.55 Å². The number of nitriles is 1. The Morgan fingerprint density at radius 1 is 1.31 bits per heavy atom. The molecule has 0 aliphatic carbocycles. The molecule has 0 saturated heterocycles. The van der Waals surface area contributed by atoms with Crippen molar-refractivity contribution >= 4 is 11.8 Å². The fraction of sp³-hybridized carbons (Fsp3) is 0.167. The zero-order valence-electron chi connectivity index (χ0n) is 9.14. The summed E-state index contributed by atoms with van der Waals surface area (Å²) in [4.78, 5) is 5.45. The smallest absolute Gasteiger partial charge is 0.147 e. The standard InChI is InChI=1S/C12H11N3S/c1-15-8-14-12(11(15)7-13)9-3-5-10(16-2)6-4-9/h3-6,8H,1-2H3. The van der Waals surface area contributed by atoms with Gasteiger partial charge in [0, 0.05) is 17.5 Å². The summed E-state index contributed by atoms with van der Waals surface area (Å²) in [6.07, 6.45) is 3.70. The Bertz CT molecular complexity index is 534. The fourth-order valence-electron chi connectivity index (χ4n) is 1.52. The van der Waals surface area contributed by atoms with Crippen LogP contribution < -0.4 is 0 Å². The quantitative estimate of drug-likeness (QED) is 0.743. The average molecular weight is 229 g/mol. The van der Waals surface area contributed by atoms with Crippen LogP contribution in [0.25, 0.3) is 11.3 Å². The van der Waals surface area contributed by atoms with Crippen LogP contribution in [0.1, 0.15) is 5.69 Å². The van der Waals surface area contributed by atoms with E-state index in [1.54, 1.807) is 22.7 Å². The first-order valence-corrected chi connectivity index (χ1v) is 6.04. The zero-order valence-corrected chi connectivity index (χ0v) is 9.95. The van der Waals surface area contributed by atoms with Crippen molar-refractivity contribution in [3.05, 3.63) is 36.3 Å². The second-order valence-corrected chi connectivity index (χ2v) is 4.27. The summed E-state index contributed by atoms with van der Waals surface area (Å²) < 4.78 is 1.73. The lowest BCUT2D eigenvalue weighted by atomic mass is 10.1. The number of thioether (sulfide) groups is 1. The van der Waals surface area contributed by atoms with Crippen LogP contribution in [0.15, 0.2) is 35.5 Å². The molecule has 1 aromatic carbocycles. The lowest BCUT2D eigenvalue weighted by molar-refractivity contribution is 0.897. The van der Waals surface area contributed by atoms with Gasteiger partial charge in [-0.15, -0.1) is 11.8 Å². The van der Waals surface area contributed by atoms with Crippen molar-refractivity contribution in [1.29, 1.82) is 5.26 Å². The van der Waals surface area contributed by atoms with E-state index < -0.39 is 0 Å². The molecule has 0 unspecified atom stereocenters. The van der Waals surface area contributed by atoms with E-state index in [1.807, 2.05) is 37.6 Å². The van der Waals surface area contributed by atoms with Crippen LogP contribution in [0.3, 0.4) is 0 Å². The number of aryl methyl sites for hydroxylation is 1. The molecule has 1 aromatic heterocycles. The van der Waals surface area contributed by atoms with Gasteiger partial charge in [-0.05, 0) is 18.4 Å². The van der Waals surface area contributed by atoms with Crippen LogP contribution in [-0.2, 0) is 7.05 Å². The SMILES string of the molecule is CSc1ccc(-c2ncn(C)c2C#N)cc1. The molecule has 16 heavy (non-hydrogen) atoms. The molecule has 0 saturated carbocycles. The first kappa shape index (κ1) is 10.8. The predicted molar refractivity (Wildman–Crippen MR) is 65.1 cm³/mol. The third kappa shape index (κ3) is 1.82. The monoisotopic (exact) mass is 229 g/mol. The van der Waals surface area contributed by atoms with Gasteiger partial charge in [0.05, 0.1) is 6.33 Å². The van der Waals surface area contributed by atoms with E-state index in [1.165, 1.54) is 4.90 Å². The molecule has 0 atom stereocenters. The molecule has 0 N–H and O–H groups in total. The normalized spacial score (nSPS) is 10.1. The molecule has 0 radical (unpaired) electrons. The van der Waals surface area contributed by atoms with Crippen molar-refractivity contribution in [3.8, 4) is 17.3 Å². The molecule has 3 nitrogen and oxygen atoms in total. The van der Waals surface area contributed by atoms with Gasteiger partial charge in [0.1, 0.15) is 17.5 Å². The van der Waals surface area contributed by atoms with Gasteiger partial charge in [0.15, 0.2) is 0 Å². The number of benzene rings is 1. The van der Waals surface area contributed by atoms with E-state index in [9.17, 15) is 0 Å².